The van der Waals surface area contributed by atoms with E-state index in [-0.39, 0.29) is 30.3 Å². The number of phenolic OH excluding ortho intramolecular Hbond substituents is 2. The van der Waals surface area contributed by atoms with E-state index >= 15 is 0 Å². The summed E-state index contributed by atoms with van der Waals surface area (Å²) >= 11 is 0. The van der Waals surface area contributed by atoms with Gasteiger partial charge >= 0.3 is 5.97 Å². The molecule has 0 heterocycles. The molecule has 0 fully saturated rings. The number of hydrogen-bond donors (Lipinski definition) is 2. The number of aryl methyl sites for hydroxylation is 2. The van der Waals surface area contributed by atoms with Gasteiger partial charge in [0, 0.05) is 6.07 Å². The topological polar surface area (TPSA) is 76.0 Å². The minimum Gasteiger partial charge on any atom is -0.508 e. The second-order valence-corrected chi connectivity index (χ2v) is 4.95. The quantitative estimate of drug-likeness (QED) is 0.656. The molecule has 2 aromatic rings. The Morgan fingerprint density at radius 3 is 2.36 bits per heavy atom. The number of phenols is 2. The molecule has 22 heavy (non-hydrogen) atoms. The maximum atomic E-state index is 11.9. The SMILES string of the molecule is Cc1ccc(OCCOC(=O)c2c(C)cc(O)cc2O)cc1. The van der Waals surface area contributed by atoms with Gasteiger partial charge in [-0.25, -0.2) is 4.79 Å². The highest BCUT2D eigenvalue weighted by Crippen LogP contribution is 2.27. The Morgan fingerprint density at radius 2 is 1.73 bits per heavy atom. The van der Waals surface area contributed by atoms with Gasteiger partial charge in [0.1, 0.15) is 36.0 Å². The summed E-state index contributed by atoms with van der Waals surface area (Å²) in [6, 6.07) is 10.0. The van der Waals surface area contributed by atoms with Crippen LogP contribution in [-0.2, 0) is 4.74 Å². The van der Waals surface area contributed by atoms with Gasteiger partial charge in [0.05, 0.1) is 0 Å². The van der Waals surface area contributed by atoms with Crippen molar-refractivity contribution in [1.29, 1.82) is 0 Å². The molecule has 5 nitrogen and oxygen atoms in total. The first kappa shape index (κ1) is 15.7. The molecule has 2 aromatic carbocycles. The number of aromatic hydroxyl groups is 2. The highest BCUT2D eigenvalue weighted by molar-refractivity contribution is 5.94. The van der Waals surface area contributed by atoms with Crippen LogP contribution in [0.2, 0.25) is 0 Å². The first-order valence-corrected chi connectivity index (χ1v) is 6.86. The summed E-state index contributed by atoms with van der Waals surface area (Å²) in [5.74, 6) is -0.357. The standard InChI is InChI=1S/C17H18O5/c1-11-3-5-14(6-4-11)21-7-8-22-17(20)16-12(2)9-13(18)10-15(16)19/h3-6,9-10,18-19H,7-8H2,1-2H3. The Morgan fingerprint density at radius 1 is 1.05 bits per heavy atom. The molecule has 0 amide bonds. The predicted octanol–water partition coefficient (Wildman–Crippen LogP) is 2.95. The molecular weight excluding hydrogens is 284 g/mol. The minimum atomic E-state index is -0.650. The van der Waals surface area contributed by atoms with Crippen LogP contribution in [0.4, 0.5) is 0 Å². The van der Waals surface area contributed by atoms with Crippen LogP contribution >= 0.6 is 0 Å². The number of benzene rings is 2. The molecule has 0 saturated heterocycles. The molecule has 0 saturated carbocycles. The predicted molar refractivity (Wildman–Crippen MR) is 81.5 cm³/mol. The molecule has 5 heteroatoms. The van der Waals surface area contributed by atoms with Crippen LogP contribution in [0.15, 0.2) is 36.4 Å². The highest BCUT2D eigenvalue weighted by Gasteiger charge is 2.16. The molecular formula is C17H18O5. The van der Waals surface area contributed by atoms with Gasteiger partial charge in [-0.3, -0.25) is 0 Å². The van der Waals surface area contributed by atoms with Crippen molar-refractivity contribution >= 4 is 5.97 Å². The summed E-state index contributed by atoms with van der Waals surface area (Å²) < 4.78 is 10.5. The zero-order valence-corrected chi connectivity index (χ0v) is 12.5. The van der Waals surface area contributed by atoms with Gasteiger partial charge in [0.2, 0.25) is 0 Å². The molecule has 0 spiro atoms. The number of carbonyl (C=O) groups is 1. The van der Waals surface area contributed by atoms with Crippen molar-refractivity contribution in [3.8, 4) is 17.2 Å². The van der Waals surface area contributed by atoms with Crippen LogP contribution in [0.5, 0.6) is 17.2 Å². The highest BCUT2D eigenvalue weighted by atomic mass is 16.6. The lowest BCUT2D eigenvalue weighted by Crippen LogP contribution is -2.13. The Kier molecular flexibility index (Phi) is 4.88. The van der Waals surface area contributed by atoms with Crippen molar-refractivity contribution in [2.45, 2.75) is 13.8 Å². The van der Waals surface area contributed by atoms with Gasteiger partial charge in [0.15, 0.2) is 0 Å². The van der Waals surface area contributed by atoms with Crippen LogP contribution in [0.1, 0.15) is 21.5 Å². The van der Waals surface area contributed by atoms with Crippen molar-refractivity contribution in [1.82, 2.24) is 0 Å². The lowest BCUT2D eigenvalue weighted by Gasteiger charge is -2.10. The summed E-state index contributed by atoms with van der Waals surface area (Å²) in [4.78, 5) is 11.9. The summed E-state index contributed by atoms with van der Waals surface area (Å²) in [5, 5.41) is 19.0. The second kappa shape index (κ2) is 6.85. The minimum absolute atomic E-state index is 0.0492. The van der Waals surface area contributed by atoms with Crippen LogP contribution in [-0.4, -0.2) is 29.4 Å². The molecule has 0 unspecified atom stereocenters. The third kappa shape index (κ3) is 3.91. The van der Waals surface area contributed by atoms with Gasteiger partial charge in [-0.2, -0.15) is 0 Å². The maximum Gasteiger partial charge on any atom is 0.342 e. The van der Waals surface area contributed by atoms with Crippen LogP contribution in [0, 0.1) is 13.8 Å². The fourth-order valence-electron chi connectivity index (χ4n) is 2.02. The molecule has 0 atom stereocenters. The van der Waals surface area contributed by atoms with Crippen LogP contribution < -0.4 is 4.74 Å². The molecule has 0 radical (unpaired) electrons. The van der Waals surface area contributed by atoms with Crippen LogP contribution in [0.25, 0.3) is 0 Å². The Labute approximate surface area is 128 Å². The zero-order valence-electron chi connectivity index (χ0n) is 12.5. The third-order valence-corrected chi connectivity index (χ3v) is 3.11. The van der Waals surface area contributed by atoms with Crippen molar-refractivity contribution in [3.05, 3.63) is 53.1 Å². The number of carbonyl (C=O) groups excluding carboxylic acids is 1. The Balaban J connectivity index is 1.87. The summed E-state index contributed by atoms with van der Waals surface area (Å²) in [5.41, 5.74) is 1.63. The summed E-state index contributed by atoms with van der Waals surface area (Å²) in [6.45, 7) is 3.87. The monoisotopic (exact) mass is 302 g/mol. The molecule has 2 rings (SSSR count). The smallest absolute Gasteiger partial charge is 0.342 e. The average molecular weight is 302 g/mol. The summed E-state index contributed by atoms with van der Waals surface area (Å²) in [6.07, 6.45) is 0. The number of ether oxygens (including phenoxy) is 2. The normalized spacial score (nSPS) is 10.3. The van der Waals surface area contributed by atoms with Gasteiger partial charge in [-0.1, -0.05) is 17.7 Å². The van der Waals surface area contributed by atoms with E-state index in [1.165, 1.54) is 6.07 Å². The maximum absolute atomic E-state index is 11.9. The van der Waals surface area contributed by atoms with Crippen molar-refractivity contribution in [2.24, 2.45) is 0 Å². The number of rotatable bonds is 5. The van der Waals surface area contributed by atoms with Crippen LogP contribution in [0.3, 0.4) is 0 Å². The number of esters is 1. The first-order chi connectivity index (χ1) is 10.5. The molecule has 0 bridgehead atoms. The van der Waals surface area contributed by atoms with Gasteiger partial charge in [0.25, 0.3) is 0 Å². The number of hydrogen-bond acceptors (Lipinski definition) is 5. The van der Waals surface area contributed by atoms with E-state index in [1.54, 1.807) is 6.92 Å². The molecule has 0 aromatic heterocycles. The molecule has 0 aliphatic heterocycles. The fourth-order valence-corrected chi connectivity index (χ4v) is 2.02. The van der Waals surface area contributed by atoms with E-state index in [4.69, 9.17) is 9.47 Å². The van der Waals surface area contributed by atoms with Crippen molar-refractivity contribution < 1.29 is 24.5 Å². The van der Waals surface area contributed by atoms with E-state index in [2.05, 4.69) is 0 Å². The first-order valence-electron chi connectivity index (χ1n) is 6.86. The van der Waals surface area contributed by atoms with E-state index in [1.807, 2.05) is 31.2 Å². The lowest BCUT2D eigenvalue weighted by atomic mass is 10.1. The Hall–Kier alpha value is -2.69. The molecule has 116 valence electrons. The third-order valence-electron chi connectivity index (χ3n) is 3.11. The van der Waals surface area contributed by atoms with Gasteiger partial charge in [-0.15, -0.1) is 0 Å². The largest absolute Gasteiger partial charge is 0.508 e. The van der Waals surface area contributed by atoms with E-state index in [9.17, 15) is 15.0 Å². The fraction of sp³-hybridized carbons (Fsp3) is 0.235. The molecule has 0 aliphatic carbocycles. The van der Waals surface area contributed by atoms with Crippen molar-refractivity contribution in [3.63, 3.8) is 0 Å². The van der Waals surface area contributed by atoms with Gasteiger partial charge in [-0.05, 0) is 37.6 Å². The Bertz CT molecular complexity index is 638. The van der Waals surface area contributed by atoms with Gasteiger partial charge < -0.3 is 19.7 Å². The van der Waals surface area contributed by atoms with E-state index < -0.39 is 5.97 Å². The van der Waals surface area contributed by atoms with Crippen molar-refractivity contribution in [2.75, 3.05) is 13.2 Å². The zero-order chi connectivity index (χ0) is 16.1. The van der Waals surface area contributed by atoms with E-state index in [0.29, 0.717) is 11.3 Å². The molecule has 2 N–H and O–H groups in total. The lowest BCUT2D eigenvalue weighted by molar-refractivity contribution is 0.0446. The molecule has 0 aliphatic rings. The summed E-state index contributed by atoms with van der Waals surface area (Å²) in [7, 11) is 0. The second-order valence-electron chi connectivity index (χ2n) is 4.95. The average Bonchev–Trinajstić information content (AvgIpc) is 2.44. The van der Waals surface area contributed by atoms with E-state index in [0.717, 1.165) is 11.6 Å².